The molecule has 1 aromatic carbocycles. The maximum Gasteiger partial charge on any atom is 0.138 e. The standard InChI is InChI=1S/C15H18N4/c1-18(2)8-7-13-4-3-12-5-6-14(9-15(12)13)19-11-16-10-17-19/h4-6,9-11H,3,7-8H2,1-2H3. The van der Waals surface area contributed by atoms with E-state index in [0.29, 0.717) is 0 Å². The molecule has 1 aliphatic carbocycles. The lowest BCUT2D eigenvalue weighted by Gasteiger charge is -2.12. The third kappa shape index (κ3) is 2.44. The molecule has 0 bridgehead atoms. The Morgan fingerprint density at radius 3 is 2.95 bits per heavy atom. The van der Waals surface area contributed by atoms with Gasteiger partial charge in [-0.2, -0.15) is 5.10 Å². The van der Waals surface area contributed by atoms with Crippen LogP contribution in [0.5, 0.6) is 0 Å². The summed E-state index contributed by atoms with van der Waals surface area (Å²) in [7, 11) is 4.23. The molecule has 1 aliphatic rings. The summed E-state index contributed by atoms with van der Waals surface area (Å²) in [6, 6.07) is 6.53. The van der Waals surface area contributed by atoms with Gasteiger partial charge >= 0.3 is 0 Å². The van der Waals surface area contributed by atoms with E-state index in [0.717, 1.165) is 25.1 Å². The molecule has 0 aliphatic heterocycles. The Labute approximate surface area is 113 Å². The summed E-state index contributed by atoms with van der Waals surface area (Å²) in [6.45, 7) is 1.08. The van der Waals surface area contributed by atoms with Crippen molar-refractivity contribution in [2.24, 2.45) is 0 Å². The Morgan fingerprint density at radius 2 is 2.21 bits per heavy atom. The molecule has 0 saturated carbocycles. The van der Waals surface area contributed by atoms with Crippen LogP contribution in [-0.2, 0) is 6.42 Å². The van der Waals surface area contributed by atoms with Crippen molar-refractivity contribution in [3.63, 3.8) is 0 Å². The van der Waals surface area contributed by atoms with E-state index >= 15 is 0 Å². The molecule has 0 N–H and O–H groups in total. The second-order valence-corrected chi connectivity index (χ2v) is 5.17. The fraction of sp³-hybridized carbons (Fsp3) is 0.333. The van der Waals surface area contributed by atoms with E-state index in [4.69, 9.17) is 0 Å². The second kappa shape index (κ2) is 4.97. The van der Waals surface area contributed by atoms with Crippen LogP contribution >= 0.6 is 0 Å². The molecular weight excluding hydrogens is 236 g/mol. The maximum atomic E-state index is 4.19. The van der Waals surface area contributed by atoms with Crippen molar-refractivity contribution in [2.45, 2.75) is 12.8 Å². The number of allylic oxidation sites excluding steroid dienone is 1. The lowest BCUT2D eigenvalue weighted by Crippen LogP contribution is -2.13. The Bertz CT molecular complexity index is 597. The Kier molecular flexibility index (Phi) is 3.17. The number of benzene rings is 1. The SMILES string of the molecule is CN(C)CCC1=CCc2ccc(-n3cncn3)cc21. The molecule has 0 amide bonds. The first-order chi connectivity index (χ1) is 9.24. The van der Waals surface area contributed by atoms with Gasteiger partial charge in [-0.15, -0.1) is 0 Å². The fourth-order valence-electron chi connectivity index (χ4n) is 2.45. The van der Waals surface area contributed by atoms with E-state index in [1.807, 2.05) is 4.68 Å². The largest absolute Gasteiger partial charge is 0.309 e. The topological polar surface area (TPSA) is 34.0 Å². The van der Waals surface area contributed by atoms with Crippen molar-refractivity contribution in [3.05, 3.63) is 48.1 Å². The highest BCUT2D eigenvalue weighted by atomic mass is 15.3. The minimum absolute atomic E-state index is 1.05. The zero-order valence-electron chi connectivity index (χ0n) is 11.4. The number of hydrogen-bond acceptors (Lipinski definition) is 3. The van der Waals surface area contributed by atoms with Crippen LogP contribution in [0.3, 0.4) is 0 Å². The zero-order valence-corrected chi connectivity index (χ0v) is 11.4. The van der Waals surface area contributed by atoms with Gasteiger partial charge in [0, 0.05) is 6.54 Å². The van der Waals surface area contributed by atoms with Crippen LogP contribution in [0, 0.1) is 0 Å². The summed E-state index contributed by atoms with van der Waals surface area (Å²) < 4.78 is 1.81. The van der Waals surface area contributed by atoms with Gasteiger partial charge in [-0.3, -0.25) is 0 Å². The van der Waals surface area contributed by atoms with Gasteiger partial charge in [0.25, 0.3) is 0 Å². The van der Waals surface area contributed by atoms with Crippen molar-refractivity contribution in [2.75, 3.05) is 20.6 Å². The zero-order chi connectivity index (χ0) is 13.2. The molecule has 1 aromatic heterocycles. The molecule has 0 fully saturated rings. The van der Waals surface area contributed by atoms with Crippen LogP contribution in [0.4, 0.5) is 0 Å². The van der Waals surface area contributed by atoms with E-state index in [2.05, 4.69) is 53.4 Å². The highest BCUT2D eigenvalue weighted by Crippen LogP contribution is 2.31. The van der Waals surface area contributed by atoms with Gasteiger partial charge in [0.15, 0.2) is 0 Å². The lowest BCUT2D eigenvalue weighted by atomic mass is 10.0. The third-order valence-electron chi connectivity index (χ3n) is 3.52. The van der Waals surface area contributed by atoms with Crippen LogP contribution in [0.15, 0.2) is 36.9 Å². The van der Waals surface area contributed by atoms with E-state index < -0.39 is 0 Å². The molecule has 0 unspecified atom stereocenters. The summed E-state index contributed by atoms with van der Waals surface area (Å²) >= 11 is 0. The van der Waals surface area contributed by atoms with Gasteiger partial charge in [0.1, 0.15) is 12.7 Å². The van der Waals surface area contributed by atoms with Crippen molar-refractivity contribution in [1.82, 2.24) is 19.7 Å². The number of hydrogen-bond donors (Lipinski definition) is 0. The van der Waals surface area contributed by atoms with Gasteiger partial charge in [-0.1, -0.05) is 12.1 Å². The van der Waals surface area contributed by atoms with Crippen molar-refractivity contribution < 1.29 is 0 Å². The smallest absolute Gasteiger partial charge is 0.138 e. The quantitative estimate of drug-likeness (QED) is 0.838. The van der Waals surface area contributed by atoms with Crippen LogP contribution in [0.1, 0.15) is 17.5 Å². The third-order valence-corrected chi connectivity index (χ3v) is 3.52. The predicted molar refractivity (Wildman–Crippen MR) is 76.2 cm³/mol. The molecule has 4 heteroatoms. The Morgan fingerprint density at radius 1 is 1.32 bits per heavy atom. The molecule has 0 saturated heterocycles. The molecule has 19 heavy (non-hydrogen) atoms. The minimum Gasteiger partial charge on any atom is -0.309 e. The van der Waals surface area contributed by atoms with Crippen molar-refractivity contribution in [1.29, 1.82) is 0 Å². The molecule has 0 spiro atoms. The van der Waals surface area contributed by atoms with Crippen LogP contribution in [0.2, 0.25) is 0 Å². The predicted octanol–water partition coefficient (Wildman–Crippen LogP) is 2.16. The average molecular weight is 254 g/mol. The number of aromatic nitrogens is 3. The molecule has 2 aromatic rings. The van der Waals surface area contributed by atoms with E-state index in [1.165, 1.54) is 16.7 Å². The first-order valence-corrected chi connectivity index (χ1v) is 6.56. The maximum absolute atomic E-state index is 4.19. The van der Waals surface area contributed by atoms with Crippen LogP contribution < -0.4 is 0 Å². The van der Waals surface area contributed by atoms with Gasteiger partial charge in [0.2, 0.25) is 0 Å². The first kappa shape index (κ1) is 12.1. The van der Waals surface area contributed by atoms with Gasteiger partial charge in [-0.05, 0) is 55.8 Å². The molecular formula is C15H18N4. The molecule has 1 heterocycles. The lowest BCUT2D eigenvalue weighted by molar-refractivity contribution is 0.419. The summed E-state index contributed by atoms with van der Waals surface area (Å²) in [6.07, 6.45) is 7.80. The number of rotatable bonds is 4. The number of nitrogens with zero attached hydrogens (tertiary/aromatic N) is 4. The molecule has 0 radical (unpaired) electrons. The van der Waals surface area contributed by atoms with Gasteiger partial charge < -0.3 is 4.90 Å². The monoisotopic (exact) mass is 254 g/mol. The summed E-state index contributed by atoms with van der Waals surface area (Å²) in [5.74, 6) is 0. The highest BCUT2D eigenvalue weighted by Gasteiger charge is 2.15. The average Bonchev–Trinajstić information content (AvgIpc) is 3.05. The Hall–Kier alpha value is -1.94. The van der Waals surface area contributed by atoms with E-state index in [-0.39, 0.29) is 0 Å². The van der Waals surface area contributed by atoms with Crippen molar-refractivity contribution in [3.8, 4) is 5.69 Å². The van der Waals surface area contributed by atoms with Gasteiger partial charge in [0.05, 0.1) is 5.69 Å². The molecule has 3 rings (SSSR count). The molecule has 98 valence electrons. The van der Waals surface area contributed by atoms with Crippen molar-refractivity contribution >= 4 is 5.57 Å². The van der Waals surface area contributed by atoms with Crippen LogP contribution in [-0.4, -0.2) is 40.3 Å². The van der Waals surface area contributed by atoms with E-state index in [1.54, 1.807) is 12.7 Å². The Balaban J connectivity index is 1.88. The summed E-state index contributed by atoms with van der Waals surface area (Å²) in [5.41, 5.74) is 5.31. The fourth-order valence-corrected chi connectivity index (χ4v) is 2.45. The molecule has 4 nitrogen and oxygen atoms in total. The van der Waals surface area contributed by atoms with E-state index in [9.17, 15) is 0 Å². The summed E-state index contributed by atoms with van der Waals surface area (Å²) in [5, 5.41) is 4.19. The summed E-state index contributed by atoms with van der Waals surface area (Å²) in [4.78, 5) is 6.22. The normalized spacial score (nSPS) is 13.7. The number of fused-ring (bicyclic) bond motifs is 1. The van der Waals surface area contributed by atoms with Gasteiger partial charge in [-0.25, -0.2) is 9.67 Å². The molecule has 0 atom stereocenters. The highest BCUT2D eigenvalue weighted by molar-refractivity contribution is 5.74. The first-order valence-electron chi connectivity index (χ1n) is 6.56. The minimum atomic E-state index is 1.05. The second-order valence-electron chi connectivity index (χ2n) is 5.17. The van der Waals surface area contributed by atoms with Crippen LogP contribution in [0.25, 0.3) is 11.3 Å².